The fraction of sp³-hybridized carbons (Fsp3) is 0.341. The Morgan fingerprint density at radius 3 is 2.10 bits per heavy atom. The van der Waals surface area contributed by atoms with E-state index in [4.69, 9.17) is 23.5 Å². The third-order valence-electron chi connectivity index (χ3n) is 10.5. The van der Waals surface area contributed by atoms with Crippen molar-refractivity contribution >= 4 is 28.2 Å². The first-order valence-electron chi connectivity index (χ1n) is 17.9. The number of fused-ring (bicyclic) bond motifs is 2. The summed E-state index contributed by atoms with van der Waals surface area (Å²) in [6.45, 7) is 4.89. The van der Waals surface area contributed by atoms with Crippen LogP contribution in [0.15, 0.2) is 75.6 Å². The first kappa shape index (κ1) is 34.0. The lowest BCUT2D eigenvalue weighted by Crippen LogP contribution is -2.35. The van der Waals surface area contributed by atoms with Gasteiger partial charge in [0, 0.05) is 35.8 Å². The molecule has 2 saturated heterocycles. The Morgan fingerprint density at radius 2 is 1.44 bits per heavy atom. The van der Waals surface area contributed by atoms with Gasteiger partial charge < -0.3 is 18.7 Å². The van der Waals surface area contributed by atoms with Crippen LogP contribution < -0.4 is 4.74 Å². The van der Waals surface area contributed by atoms with Crippen molar-refractivity contribution in [3.05, 3.63) is 89.0 Å². The van der Waals surface area contributed by atoms with E-state index < -0.39 is 18.6 Å². The highest BCUT2D eigenvalue weighted by Gasteiger charge is 2.31. The van der Waals surface area contributed by atoms with E-state index >= 15 is 0 Å². The van der Waals surface area contributed by atoms with Crippen LogP contribution in [0.2, 0.25) is 0 Å². The van der Waals surface area contributed by atoms with E-state index in [2.05, 4.69) is 30.0 Å². The van der Waals surface area contributed by atoms with Crippen LogP contribution in [-0.4, -0.2) is 63.1 Å². The van der Waals surface area contributed by atoms with E-state index in [0.29, 0.717) is 47.8 Å². The standard InChI is InChI=1S/C41H40F2N4O5/c1-24-28(9-6-11-30(24)38-44-32-19-26(14-15-35(32)50-38)22-46-16-4-3-5-17-46)29-10-7-12-31(25(29)2)39-45-33-20-27(23-47-18-8-13-34(47)40(48)49)36(52-41(42)43)21-37(33)51-39/h6-7,9-12,14-15,19-21,34,41H,3-5,8,13,16-18,22-23H2,1-2H3,(H,48,49)/t34-/m0/s1. The predicted molar refractivity (Wildman–Crippen MR) is 194 cm³/mol. The molecule has 1 atom stereocenters. The zero-order valence-corrected chi connectivity index (χ0v) is 29.2. The highest BCUT2D eigenvalue weighted by atomic mass is 19.3. The van der Waals surface area contributed by atoms with Crippen LogP contribution in [0.4, 0.5) is 8.78 Å². The summed E-state index contributed by atoms with van der Waals surface area (Å²) < 4.78 is 44.3. The highest BCUT2D eigenvalue weighted by Crippen LogP contribution is 2.39. The van der Waals surface area contributed by atoms with Gasteiger partial charge in [0.1, 0.15) is 22.8 Å². The molecule has 0 spiro atoms. The lowest BCUT2D eigenvalue weighted by molar-refractivity contribution is -0.142. The number of alkyl halides is 2. The summed E-state index contributed by atoms with van der Waals surface area (Å²) in [6.07, 6.45) is 5.03. The number of nitrogens with zero attached hydrogens (tertiary/aromatic N) is 4. The van der Waals surface area contributed by atoms with Crippen molar-refractivity contribution in [3.63, 3.8) is 0 Å². The highest BCUT2D eigenvalue weighted by molar-refractivity contribution is 5.85. The second kappa shape index (κ2) is 14.1. The summed E-state index contributed by atoms with van der Waals surface area (Å²) >= 11 is 0. The number of hydrogen-bond acceptors (Lipinski definition) is 8. The summed E-state index contributed by atoms with van der Waals surface area (Å²) in [6, 6.07) is 20.7. The zero-order valence-electron chi connectivity index (χ0n) is 29.2. The first-order chi connectivity index (χ1) is 25.2. The Morgan fingerprint density at radius 1 is 0.808 bits per heavy atom. The maximum Gasteiger partial charge on any atom is 0.387 e. The number of aromatic nitrogens is 2. The lowest BCUT2D eigenvalue weighted by Gasteiger charge is -2.26. The molecule has 9 nitrogen and oxygen atoms in total. The van der Waals surface area contributed by atoms with Crippen molar-refractivity contribution in [2.24, 2.45) is 0 Å². The molecule has 0 aliphatic carbocycles. The SMILES string of the molecule is Cc1c(-c2nc3cc(CN4CCCCC4)ccc3o2)cccc1-c1cccc(-c2nc3cc(CN4CCC[C@H]4C(=O)O)c(OC(F)F)cc3o2)c1C. The summed E-state index contributed by atoms with van der Waals surface area (Å²) in [5, 5.41) is 9.65. The third kappa shape index (κ3) is 6.66. The minimum atomic E-state index is -3.05. The number of hydrogen-bond donors (Lipinski definition) is 1. The van der Waals surface area contributed by atoms with E-state index in [9.17, 15) is 18.7 Å². The van der Waals surface area contributed by atoms with Crippen LogP contribution >= 0.6 is 0 Å². The number of oxazole rings is 2. The lowest BCUT2D eigenvalue weighted by atomic mass is 9.91. The maximum absolute atomic E-state index is 13.5. The van der Waals surface area contributed by atoms with Gasteiger partial charge in [-0.25, -0.2) is 9.97 Å². The summed E-state index contributed by atoms with van der Waals surface area (Å²) in [4.78, 5) is 25.7. The summed E-state index contributed by atoms with van der Waals surface area (Å²) in [5.41, 5.74) is 9.61. The van der Waals surface area contributed by atoms with Crippen LogP contribution in [0.1, 0.15) is 54.4 Å². The average Bonchev–Trinajstić information content (AvgIpc) is 3.87. The van der Waals surface area contributed by atoms with Gasteiger partial charge in [-0.3, -0.25) is 14.6 Å². The molecule has 2 fully saturated rings. The molecular weight excluding hydrogens is 666 g/mol. The molecule has 0 radical (unpaired) electrons. The van der Waals surface area contributed by atoms with Crippen molar-refractivity contribution < 1.29 is 32.3 Å². The topological polar surface area (TPSA) is 105 Å². The predicted octanol–water partition coefficient (Wildman–Crippen LogP) is 9.22. The van der Waals surface area contributed by atoms with Crippen LogP contribution in [0.25, 0.3) is 56.2 Å². The molecule has 268 valence electrons. The third-order valence-corrected chi connectivity index (χ3v) is 10.5. The molecular formula is C41H40F2N4O5. The molecule has 2 aliphatic heterocycles. The van der Waals surface area contributed by atoms with Crippen molar-refractivity contribution in [2.45, 2.75) is 71.7 Å². The number of carbonyl (C=O) groups is 1. The Labute approximate surface area is 299 Å². The van der Waals surface area contributed by atoms with E-state index in [-0.39, 0.29) is 12.3 Å². The Bertz CT molecular complexity index is 2280. The Kier molecular flexibility index (Phi) is 9.23. The van der Waals surface area contributed by atoms with Gasteiger partial charge in [0.25, 0.3) is 0 Å². The largest absolute Gasteiger partial charge is 0.480 e. The molecule has 8 rings (SSSR count). The molecule has 6 aromatic rings. The number of benzene rings is 4. The van der Waals surface area contributed by atoms with Gasteiger partial charge in [0.2, 0.25) is 11.8 Å². The molecule has 0 unspecified atom stereocenters. The quantitative estimate of drug-likeness (QED) is 0.149. The van der Waals surface area contributed by atoms with Gasteiger partial charge in [-0.15, -0.1) is 0 Å². The molecule has 2 aliphatic rings. The van der Waals surface area contributed by atoms with Gasteiger partial charge >= 0.3 is 12.6 Å². The van der Waals surface area contributed by atoms with Crippen LogP contribution in [0, 0.1) is 13.8 Å². The maximum atomic E-state index is 13.5. The van der Waals surface area contributed by atoms with Gasteiger partial charge in [0.15, 0.2) is 11.2 Å². The summed E-state index contributed by atoms with van der Waals surface area (Å²) in [7, 11) is 0. The Balaban J connectivity index is 1.11. The number of likely N-dealkylation sites (tertiary alicyclic amines) is 2. The molecule has 11 heteroatoms. The van der Waals surface area contributed by atoms with E-state index in [1.165, 1.54) is 30.9 Å². The zero-order chi connectivity index (χ0) is 35.9. The molecule has 2 aromatic heterocycles. The summed E-state index contributed by atoms with van der Waals surface area (Å²) in [5.74, 6) is -0.0806. The molecule has 1 N–H and O–H groups in total. The first-order valence-corrected chi connectivity index (χ1v) is 17.9. The molecule has 4 aromatic carbocycles. The second-order valence-electron chi connectivity index (χ2n) is 13.9. The van der Waals surface area contributed by atoms with Crippen LogP contribution in [-0.2, 0) is 17.9 Å². The van der Waals surface area contributed by atoms with E-state index in [1.54, 1.807) is 11.0 Å². The van der Waals surface area contributed by atoms with Crippen LogP contribution in [0.3, 0.4) is 0 Å². The van der Waals surface area contributed by atoms with Crippen molar-refractivity contribution in [1.29, 1.82) is 0 Å². The Hall–Kier alpha value is -5.13. The number of halogens is 2. The minimum Gasteiger partial charge on any atom is -0.480 e. The molecule has 0 amide bonds. The fourth-order valence-corrected chi connectivity index (χ4v) is 7.84. The number of ether oxygens (including phenoxy) is 1. The normalized spacial score (nSPS) is 17.1. The number of piperidine rings is 1. The van der Waals surface area contributed by atoms with Crippen molar-refractivity contribution in [1.82, 2.24) is 19.8 Å². The number of carboxylic acids is 1. The van der Waals surface area contributed by atoms with Gasteiger partial charge in [0.05, 0.1) is 0 Å². The van der Waals surface area contributed by atoms with E-state index in [0.717, 1.165) is 64.1 Å². The van der Waals surface area contributed by atoms with Gasteiger partial charge in [-0.05, 0) is 117 Å². The number of carboxylic acid groups (broad SMARTS) is 1. The van der Waals surface area contributed by atoms with E-state index in [1.807, 2.05) is 43.3 Å². The average molecular weight is 707 g/mol. The smallest absolute Gasteiger partial charge is 0.387 e. The van der Waals surface area contributed by atoms with Gasteiger partial charge in [-0.2, -0.15) is 8.78 Å². The second-order valence-corrected chi connectivity index (χ2v) is 13.9. The van der Waals surface area contributed by atoms with Crippen molar-refractivity contribution in [2.75, 3.05) is 19.6 Å². The molecule has 52 heavy (non-hydrogen) atoms. The number of aliphatic carboxylic acids is 1. The van der Waals surface area contributed by atoms with Gasteiger partial charge in [-0.1, -0.05) is 36.8 Å². The minimum absolute atomic E-state index is 0.0587. The van der Waals surface area contributed by atoms with Crippen molar-refractivity contribution in [3.8, 4) is 39.8 Å². The fourth-order valence-electron chi connectivity index (χ4n) is 7.84. The molecule has 4 heterocycles. The molecule has 0 bridgehead atoms. The molecule has 0 saturated carbocycles. The number of rotatable bonds is 10. The monoisotopic (exact) mass is 706 g/mol. The van der Waals surface area contributed by atoms with Crippen LogP contribution in [0.5, 0.6) is 5.75 Å².